The molecule has 0 saturated heterocycles. The van der Waals surface area contributed by atoms with E-state index in [9.17, 15) is 14.7 Å². The molecule has 0 saturated carbocycles. The zero-order valence-electron chi connectivity index (χ0n) is 12.1. The molecule has 0 aromatic heterocycles. The Balaban J connectivity index is 2.50. The van der Waals surface area contributed by atoms with Crippen molar-refractivity contribution in [3.63, 3.8) is 0 Å². The Bertz CT molecular complexity index is 453. The molecule has 1 amide bonds. The number of rotatable bonds is 9. The second-order valence-corrected chi connectivity index (χ2v) is 5.80. The first-order valence-electron chi connectivity index (χ1n) is 6.86. The lowest BCUT2D eigenvalue weighted by molar-refractivity contribution is -0.142. The fourth-order valence-electron chi connectivity index (χ4n) is 1.87. The number of hydrogen-bond donors (Lipinski definition) is 3. The largest absolute Gasteiger partial charge is 0.480 e. The third-order valence-electron chi connectivity index (χ3n) is 3.15. The molecule has 0 aliphatic carbocycles. The summed E-state index contributed by atoms with van der Waals surface area (Å²) >= 11 is 1.60. The Morgan fingerprint density at radius 1 is 1.29 bits per heavy atom. The van der Waals surface area contributed by atoms with Crippen molar-refractivity contribution in [3.05, 3.63) is 35.9 Å². The summed E-state index contributed by atoms with van der Waals surface area (Å²) in [5.74, 6) is -0.656. The van der Waals surface area contributed by atoms with Crippen LogP contribution in [0.25, 0.3) is 0 Å². The van der Waals surface area contributed by atoms with Crippen LogP contribution in [0.5, 0.6) is 0 Å². The molecule has 4 N–H and O–H groups in total. The van der Waals surface area contributed by atoms with Crippen molar-refractivity contribution >= 4 is 23.6 Å². The number of carboxylic acid groups (broad SMARTS) is 1. The number of aryl methyl sites for hydroxylation is 1. The summed E-state index contributed by atoms with van der Waals surface area (Å²) in [5.41, 5.74) is 6.79. The zero-order chi connectivity index (χ0) is 15.7. The number of aliphatic carboxylic acids is 1. The molecule has 2 atom stereocenters. The zero-order valence-corrected chi connectivity index (χ0v) is 12.9. The van der Waals surface area contributed by atoms with Crippen molar-refractivity contribution in [1.29, 1.82) is 0 Å². The number of carboxylic acids is 1. The molecule has 1 rings (SSSR count). The molecular weight excluding hydrogens is 288 g/mol. The highest BCUT2D eigenvalue weighted by Gasteiger charge is 2.22. The summed E-state index contributed by atoms with van der Waals surface area (Å²) < 4.78 is 0. The SMILES string of the molecule is CSCC[C@@H](N)C(=O)NC(CCc1ccccc1)C(=O)O. The van der Waals surface area contributed by atoms with Crippen LogP contribution in [0.3, 0.4) is 0 Å². The van der Waals surface area contributed by atoms with Crippen molar-refractivity contribution < 1.29 is 14.7 Å². The highest BCUT2D eigenvalue weighted by atomic mass is 32.2. The van der Waals surface area contributed by atoms with E-state index < -0.39 is 24.0 Å². The normalized spacial score (nSPS) is 13.4. The number of amides is 1. The van der Waals surface area contributed by atoms with Gasteiger partial charge in [0, 0.05) is 0 Å². The third kappa shape index (κ3) is 6.64. The quantitative estimate of drug-likeness (QED) is 0.639. The van der Waals surface area contributed by atoms with E-state index in [4.69, 9.17) is 5.73 Å². The molecule has 0 radical (unpaired) electrons. The van der Waals surface area contributed by atoms with Crippen LogP contribution in [0.1, 0.15) is 18.4 Å². The van der Waals surface area contributed by atoms with Crippen LogP contribution < -0.4 is 11.1 Å². The number of nitrogens with two attached hydrogens (primary N) is 1. The lowest BCUT2D eigenvalue weighted by atomic mass is 10.0. The minimum Gasteiger partial charge on any atom is -0.480 e. The summed E-state index contributed by atoms with van der Waals surface area (Å²) in [6, 6.07) is 8.03. The Morgan fingerprint density at radius 2 is 1.95 bits per heavy atom. The number of thioether (sulfide) groups is 1. The van der Waals surface area contributed by atoms with Crippen LogP contribution in [-0.2, 0) is 16.0 Å². The average Bonchev–Trinajstić information content (AvgIpc) is 2.49. The maximum absolute atomic E-state index is 11.9. The number of hydrogen-bond acceptors (Lipinski definition) is 4. The van der Waals surface area contributed by atoms with E-state index in [0.29, 0.717) is 19.3 Å². The molecule has 6 heteroatoms. The van der Waals surface area contributed by atoms with Crippen molar-refractivity contribution in [3.8, 4) is 0 Å². The maximum Gasteiger partial charge on any atom is 0.326 e. The van der Waals surface area contributed by atoms with Gasteiger partial charge in [0.05, 0.1) is 6.04 Å². The first kappa shape index (κ1) is 17.5. The highest BCUT2D eigenvalue weighted by molar-refractivity contribution is 7.98. The number of nitrogens with one attached hydrogen (secondary N) is 1. The second kappa shape index (κ2) is 9.41. The lowest BCUT2D eigenvalue weighted by Gasteiger charge is -2.17. The van der Waals surface area contributed by atoms with Gasteiger partial charge in [0.1, 0.15) is 6.04 Å². The van der Waals surface area contributed by atoms with Crippen LogP contribution >= 0.6 is 11.8 Å². The Kier molecular flexibility index (Phi) is 7.85. The molecule has 1 unspecified atom stereocenters. The molecular formula is C15H22N2O3S. The first-order valence-corrected chi connectivity index (χ1v) is 8.25. The monoisotopic (exact) mass is 310 g/mol. The number of benzene rings is 1. The molecule has 0 bridgehead atoms. The van der Waals surface area contributed by atoms with Crippen LogP contribution in [0.15, 0.2) is 30.3 Å². The summed E-state index contributed by atoms with van der Waals surface area (Å²) in [4.78, 5) is 23.1. The Morgan fingerprint density at radius 3 is 2.52 bits per heavy atom. The van der Waals surface area contributed by atoms with Crippen molar-refractivity contribution in [2.24, 2.45) is 5.73 Å². The van der Waals surface area contributed by atoms with E-state index in [1.807, 2.05) is 36.6 Å². The summed E-state index contributed by atoms with van der Waals surface area (Å²) in [5, 5.41) is 11.7. The van der Waals surface area contributed by atoms with E-state index in [2.05, 4.69) is 5.32 Å². The predicted octanol–water partition coefficient (Wildman–Crippen LogP) is 1.27. The van der Waals surface area contributed by atoms with E-state index in [1.165, 1.54) is 0 Å². The van der Waals surface area contributed by atoms with Crippen molar-refractivity contribution in [2.45, 2.75) is 31.3 Å². The van der Waals surface area contributed by atoms with Crippen molar-refractivity contribution in [1.82, 2.24) is 5.32 Å². The first-order chi connectivity index (χ1) is 10.0. The molecule has 0 aliphatic heterocycles. The maximum atomic E-state index is 11.9. The molecule has 1 aromatic rings. The standard InChI is InChI=1S/C15H22N2O3S/c1-21-10-9-12(16)14(18)17-13(15(19)20)8-7-11-5-3-2-4-6-11/h2-6,12-13H,7-10,16H2,1H3,(H,17,18)(H,19,20)/t12-,13?/m1/s1. The summed E-state index contributed by atoms with van der Waals surface area (Å²) in [6.45, 7) is 0. The van der Waals surface area contributed by atoms with Gasteiger partial charge in [0.2, 0.25) is 5.91 Å². The van der Waals surface area contributed by atoms with Gasteiger partial charge in [-0.1, -0.05) is 30.3 Å². The van der Waals surface area contributed by atoms with E-state index >= 15 is 0 Å². The Hall–Kier alpha value is -1.53. The second-order valence-electron chi connectivity index (χ2n) is 4.81. The predicted molar refractivity (Wildman–Crippen MR) is 85.3 cm³/mol. The summed E-state index contributed by atoms with van der Waals surface area (Å²) in [6.07, 6.45) is 3.42. The molecule has 0 aliphatic rings. The van der Waals surface area contributed by atoms with Gasteiger partial charge in [0.15, 0.2) is 0 Å². The fourth-order valence-corrected chi connectivity index (χ4v) is 2.36. The smallest absolute Gasteiger partial charge is 0.326 e. The highest BCUT2D eigenvalue weighted by Crippen LogP contribution is 2.06. The van der Waals surface area contributed by atoms with Crippen LogP contribution in [0, 0.1) is 0 Å². The van der Waals surface area contributed by atoms with Gasteiger partial charge >= 0.3 is 5.97 Å². The fraction of sp³-hybridized carbons (Fsp3) is 0.467. The molecule has 1 aromatic carbocycles. The minimum atomic E-state index is -1.03. The molecule has 116 valence electrons. The van der Waals surface area contributed by atoms with E-state index in [1.54, 1.807) is 11.8 Å². The number of carbonyl (C=O) groups is 2. The molecule has 21 heavy (non-hydrogen) atoms. The van der Waals surface area contributed by atoms with Gasteiger partial charge in [-0.2, -0.15) is 11.8 Å². The van der Waals surface area contributed by atoms with Crippen LogP contribution in [-0.4, -0.2) is 41.1 Å². The van der Waals surface area contributed by atoms with E-state index in [0.717, 1.165) is 11.3 Å². The average molecular weight is 310 g/mol. The third-order valence-corrected chi connectivity index (χ3v) is 3.79. The topological polar surface area (TPSA) is 92.4 Å². The molecule has 0 fully saturated rings. The summed E-state index contributed by atoms with van der Waals surface area (Å²) in [7, 11) is 0. The van der Waals surface area contributed by atoms with Crippen LogP contribution in [0.4, 0.5) is 0 Å². The Labute approximate surface area is 129 Å². The minimum absolute atomic E-state index is 0.348. The van der Waals surface area contributed by atoms with Gasteiger partial charge in [-0.15, -0.1) is 0 Å². The molecule has 0 spiro atoms. The lowest BCUT2D eigenvalue weighted by Crippen LogP contribution is -2.48. The van der Waals surface area contributed by atoms with Gasteiger partial charge in [0.25, 0.3) is 0 Å². The van der Waals surface area contributed by atoms with Crippen molar-refractivity contribution in [2.75, 3.05) is 12.0 Å². The number of carbonyl (C=O) groups excluding carboxylic acids is 1. The molecule has 0 heterocycles. The van der Waals surface area contributed by atoms with Gasteiger partial charge in [-0.05, 0) is 36.8 Å². The van der Waals surface area contributed by atoms with Gasteiger partial charge in [-0.3, -0.25) is 4.79 Å². The van der Waals surface area contributed by atoms with Gasteiger partial charge < -0.3 is 16.2 Å². The molecule has 5 nitrogen and oxygen atoms in total. The van der Waals surface area contributed by atoms with Gasteiger partial charge in [-0.25, -0.2) is 4.79 Å². The van der Waals surface area contributed by atoms with E-state index in [-0.39, 0.29) is 0 Å². The van der Waals surface area contributed by atoms with Crippen LogP contribution in [0.2, 0.25) is 0 Å².